The molecule has 1 aromatic heterocycles. The van der Waals surface area contributed by atoms with Gasteiger partial charge in [-0.1, -0.05) is 6.07 Å². The molecule has 0 aliphatic carbocycles. The minimum atomic E-state index is -0.972. The van der Waals surface area contributed by atoms with Crippen LogP contribution in [0.2, 0.25) is 0 Å². The number of amides is 1. The number of hydrogen-bond donors (Lipinski definition) is 2. The normalized spacial score (nSPS) is 10.8. The summed E-state index contributed by atoms with van der Waals surface area (Å²) in [6, 6.07) is 7.27. The highest BCUT2D eigenvalue weighted by Gasteiger charge is 2.15. The molecule has 106 valence electrons. The number of aromatic amines is 1. The molecule has 0 fully saturated rings. The van der Waals surface area contributed by atoms with E-state index in [9.17, 15) is 18.4 Å². The number of fused-ring (bicyclic) bond motifs is 1. The number of para-hydroxylation sites is 1. The highest BCUT2D eigenvalue weighted by atomic mass is 19.1. The third-order valence-corrected chi connectivity index (χ3v) is 2.88. The molecule has 3 aromatic rings. The van der Waals surface area contributed by atoms with Gasteiger partial charge in [-0.25, -0.2) is 13.6 Å². The van der Waals surface area contributed by atoms with E-state index < -0.39 is 23.3 Å². The van der Waals surface area contributed by atoms with Crippen molar-refractivity contribution in [3.05, 3.63) is 64.1 Å². The predicted octanol–water partition coefficient (Wildman–Crippen LogP) is 2.65. The van der Waals surface area contributed by atoms with Gasteiger partial charge < -0.3 is 9.73 Å². The number of carbonyl (C=O) groups is 1. The van der Waals surface area contributed by atoms with Crippen LogP contribution in [0.25, 0.3) is 11.1 Å². The fraction of sp³-hybridized carbons (Fsp3) is 0. The largest absolute Gasteiger partial charge is 0.417 e. The van der Waals surface area contributed by atoms with Crippen LogP contribution in [0.5, 0.6) is 0 Å². The Bertz CT molecular complexity index is 899. The van der Waals surface area contributed by atoms with Gasteiger partial charge in [-0.2, -0.15) is 0 Å². The van der Waals surface area contributed by atoms with E-state index in [-0.39, 0.29) is 16.8 Å². The van der Waals surface area contributed by atoms with Crippen molar-refractivity contribution in [2.45, 2.75) is 0 Å². The van der Waals surface area contributed by atoms with Gasteiger partial charge in [0.15, 0.2) is 5.58 Å². The Morgan fingerprint density at radius 1 is 1.19 bits per heavy atom. The second kappa shape index (κ2) is 4.86. The molecule has 3 rings (SSSR count). The summed E-state index contributed by atoms with van der Waals surface area (Å²) in [5.74, 6) is -3.17. The number of halogens is 2. The number of oxazole rings is 1. The average Bonchev–Trinajstić information content (AvgIpc) is 2.80. The minimum Gasteiger partial charge on any atom is -0.408 e. The summed E-state index contributed by atoms with van der Waals surface area (Å²) in [5, 5.41) is 2.44. The van der Waals surface area contributed by atoms with E-state index >= 15 is 0 Å². The Hall–Kier alpha value is -2.96. The van der Waals surface area contributed by atoms with Gasteiger partial charge in [0, 0.05) is 6.07 Å². The highest BCUT2D eigenvalue weighted by Crippen LogP contribution is 2.21. The first-order chi connectivity index (χ1) is 10.0. The average molecular weight is 290 g/mol. The van der Waals surface area contributed by atoms with Gasteiger partial charge in [0.05, 0.1) is 11.3 Å². The number of aromatic nitrogens is 1. The molecule has 0 aliphatic heterocycles. The van der Waals surface area contributed by atoms with Crippen molar-refractivity contribution in [1.29, 1.82) is 0 Å². The van der Waals surface area contributed by atoms with Crippen LogP contribution in [0.3, 0.4) is 0 Å². The van der Waals surface area contributed by atoms with Crippen molar-refractivity contribution in [3.63, 3.8) is 0 Å². The summed E-state index contributed by atoms with van der Waals surface area (Å²) in [4.78, 5) is 25.6. The van der Waals surface area contributed by atoms with Crippen LogP contribution in [0, 0.1) is 11.6 Å². The van der Waals surface area contributed by atoms with E-state index in [1.165, 1.54) is 6.07 Å². The molecule has 0 saturated carbocycles. The second-order valence-corrected chi connectivity index (χ2v) is 4.27. The quantitative estimate of drug-likeness (QED) is 0.762. The van der Waals surface area contributed by atoms with E-state index in [1.807, 2.05) is 0 Å². The lowest BCUT2D eigenvalue weighted by Gasteiger charge is -2.06. The van der Waals surface area contributed by atoms with E-state index in [4.69, 9.17) is 4.42 Å². The van der Waals surface area contributed by atoms with Crippen molar-refractivity contribution in [2.24, 2.45) is 0 Å². The van der Waals surface area contributed by atoms with Crippen LogP contribution in [-0.2, 0) is 0 Å². The molecule has 1 heterocycles. The van der Waals surface area contributed by atoms with Gasteiger partial charge in [-0.3, -0.25) is 9.78 Å². The minimum absolute atomic E-state index is 0.257. The zero-order valence-corrected chi connectivity index (χ0v) is 10.4. The lowest BCUT2D eigenvalue weighted by Crippen LogP contribution is -2.14. The van der Waals surface area contributed by atoms with Gasteiger partial charge in [0.25, 0.3) is 5.91 Å². The Morgan fingerprint density at radius 2 is 2.00 bits per heavy atom. The van der Waals surface area contributed by atoms with E-state index in [2.05, 4.69) is 10.3 Å². The zero-order valence-electron chi connectivity index (χ0n) is 10.4. The maximum absolute atomic E-state index is 13.5. The van der Waals surface area contributed by atoms with Crippen molar-refractivity contribution in [3.8, 4) is 0 Å². The summed E-state index contributed by atoms with van der Waals surface area (Å²) in [7, 11) is 0. The number of nitrogens with one attached hydrogen (secondary N) is 2. The van der Waals surface area contributed by atoms with Crippen LogP contribution in [0.15, 0.2) is 45.6 Å². The molecule has 2 N–H and O–H groups in total. The summed E-state index contributed by atoms with van der Waals surface area (Å²) in [6.45, 7) is 0. The van der Waals surface area contributed by atoms with Crippen molar-refractivity contribution < 1.29 is 18.0 Å². The van der Waals surface area contributed by atoms with Gasteiger partial charge in [-0.05, 0) is 24.3 Å². The van der Waals surface area contributed by atoms with Crippen LogP contribution in [-0.4, -0.2) is 10.9 Å². The second-order valence-electron chi connectivity index (χ2n) is 4.27. The maximum atomic E-state index is 13.5. The summed E-state index contributed by atoms with van der Waals surface area (Å²) in [5.41, 5.74) is 0.502. The SMILES string of the molecule is O=C(Nc1cccc2oc(=O)[nH]c12)c1ccc(F)cc1F. The number of carbonyl (C=O) groups excluding carboxylic acids is 1. The number of H-pyrrole nitrogens is 1. The highest BCUT2D eigenvalue weighted by molar-refractivity contribution is 6.07. The fourth-order valence-corrected chi connectivity index (χ4v) is 1.94. The van der Waals surface area contributed by atoms with Crippen LogP contribution < -0.4 is 11.1 Å². The monoisotopic (exact) mass is 290 g/mol. The predicted molar refractivity (Wildman–Crippen MR) is 71.1 cm³/mol. The molecular formula is C14H8F2N2O3. The lowest BCUT2D eigenvalue weighted by molar-refractivity contribution is 0.102. The Morgan fingerprint density at radius 3 is 2.76 bits per heavy atom. The van der Waals surface area contributed by atoms with E-state index in [0.29, 0.717) is 11.6 Å². The third-order valence-electron chi connectivity index (χ3n) is 2.88. The standard InChI is InChI=1S/C14H8F2N2O3/c15-7-4-5-8(9(16)6-7)13(19)17-10-2-1-3-11-12(10)18-14(20)21-11/h1-6H,(H,17,19)(H,18,20). The Balaban J connectivity index is 1.98. The molecule has 0 radical (unpaired) electrons. The molecule has 21 heavy (non-hydrogen) atoms. The first kappa shape index (κ1) is 13.0. The topological polar surface area (TPSA) is 75.1 Å². The molecule has 0 unspecified atom stereocenters. The Kier molecular flexibility index (Phi) is 3.02. The third kappa shape index (κ3) is 2.40. The molecule has 7 heteroatoms. The Labute approximate surface area is 116 Å². The van der Waals surface area contributed by atoms with Crippen LogP contribution in [0.4, 0.5) is 14.5 Å². The molecule has 2 aromatic carbocycles. The zero-order chi connectivity index (χ0) is 15.0. The maximum Gasteiger partial charge on any atom is 0.417 e. The molecule has 0 atom stereocenters. The number of benzene rings is 2. The number of hydrogen-bond acceptors (Lipinski definition) is 3. The first-order valence-corrected chi connectivity index (χ1v) is 5.93. The van der Waals surface area contributed by atoms with Crippen molar-refractivity contribution in [2.75, 3.05) is 5.32 Å². The van der Waals surface area contributed by atoms with Crippen LogP contribution in [0.1, 0.15) is 10.4 Å². The summed E-state index contributed by atoms with van der Waals surface area (Å²) < 4.78 is 31.2. The molecule has 5 nitrogen and oxygen atoms in total. The van der Waals surface area contributed by atoms with Crippen LogP contribution >= 0.6 is 0 Å². The molecular weight excluding hydrogens is 282 g/mol. The summed E-state index contributed by atoms with van der Waals surface area (Å²) >= 11 is 0. The molecule has 0 saturated heterocycles. The molecule has 0 bridgehead atoms. The van der Waals surface area contributed by atoms with Crippen molar-refractivity contribution >= 4 is 22.7 Å². The molecule has 0 aliphatic rings. The lowest BCUT2D eigenvalue weighted by atomic mass is 10.2. The smallest absolute Gasteiger partial charge is 0.408 e. The van der Waals surface area contributed by atoms with Crippen molar-refractivity contribution in [1.82, 2.24) is 4.98 Å². The summed E-state index contributed by atoms with van der Waals surface area (Å²) in [6.07, 6.45) is 0. The molecule has 0 spiro atoms. The van der Waals surface area contributed by atoms with E-state index in [1.54, 1.807) is 12.1 Å². The fourth-order valence-electron chi connectivity index (χ4n) is 1.94. The van der Waals surface area contributed by atoms with Gasteiger partial charge >= 0.3 is 5.76 Å². The van der Waals surface area contributed by atoms with Gasteiger partial charge in [0.1, 0.15) is 17.2 Å². The first-order valence-electron chi connectivity index (χ1n) is 5.93. The van der Waals surface area contributed by atoms with E-state index in [0.717, 1.165) is 12.1 Å². The van der Waals surface area contributed by atoms with Gasteiger partial charge in [-0.15, -0.1) is 0 Å². The molecule has 1 amide bonds. The number of rotatable bonds is 2. The number of anilines is 1. The van der Waals surface area contributed by atoms with Gasteiger partial charge in [0.2, 0.25) is 0 Å².